The Labute approximate surface area is 90.7 Å². The van der Waals surface area contributed by atoms with Gasteiger partial charge in [-0.15, -0.1) is 0 Å². The molecule has 0 aromatic carbocycles. The first-order valence-corrected chi connectivity index (χ1v) is 6.70. The van der Waals surface area contributed by atoms with Crippen molar-refractivity contribution in [3.63, 3.8) is 0 Å². The van der Waals surface area contributed by atoms with Crippen molar-refractivity contribution in [1.29, 1.82) is 0 Å². The van der Waals surface area contributed by atoms with Crippen molar-refractivity contribution < 1.29 is 24.4 Å². The van der Waals surface area contributed by atoms with Crippen LogP contribution in [0.1, 0.15) is 46.0 Å². The van der Waals surface area contributed by atoms with Crippen LogP contribution < -0.4 is 0 Å². The van der Waals surface area contributed by atoms with Crippen molar-refractivity contribution in [2.24, 2.45) is 0 Å². The van der Waals surface area contributed by atoms with Gasteiger partial charge >= 0.3 is 90.9 Å². The van der Waals surface area contributed by atoms with E-state index >= 15 is 0 Å². The first kappa shape index (κ1) is 10.4. The molecule has 0 heterocycles. The Morgan fingerprint density at radius 3 is 2.67 bits per heavy atom. The molecule has 1 aliphatic carbocycles. The van der Waals surface area contributed by atoms with Gasteiger partial charge in [-0.05, 0) is 0 Å². The van der Waals surface area contributed by atoms with E-state index < -0.39 is 0 Å². The molecule has 0 saturated carbocycles. The van der Waals surface area contributed by atoms with E-state index in [1.165, 1.54) is 56.5 Å². The van der Waals surface area contributed by atoms with Gasteiger partial charge in [0.15, 0.2) is 0 Å². The predicted octanol–water partition coefficient (Wildman–Crippen LogP) is 3.72. The van der Waals surface area contributed by atoms with Crippen LogP contribution in [-0.2, 0) is 24.4 Å². The van der Waals surface area contributed by atoms with Gasteiger partial charge in [-0.1, -0.05) is 0 Å². The SMILES string of the molecule is CCCCC1=CC(CC)=[C]([Hf])C1. The summed E-state index contributed by atoms with van der Waals surface area (Å²) in [5, 5.41) is 0. The minimum atomic E-state index is 1.24. The Kier molecular flexibility index (Phi) is 4.49. The van der Waals surface area contributed by atoms with E-state index in [1.807, 2.05) is 0 Å². The Bertz CT molecular complexity index is 211. The molecule has 0 aliphatic heterocycles. The number of hydrogen-bond acceptors (Lipinski definition) is 0. The molecular weight excluding hydrogens is 311 g/mol. The third kappa shape index (κ3) is 2.69. The molecule has 65 valence electrons. The third-order valence-corrected chi connectivity index (χ3v) is 4.19. The maximum absolute atomic E-state index is 2.46. The zero-order chi connectivity index (χ0) is 8.97. The third-order valence-electron chi connectivity index (χ3n) is 2.40. The van der Waals surface area contributed by atoms with E-state index in [-0.39, 0.29) is 0 Å². The Morgan fingerprint density at radius 1 is 1.42 bits per heavy atom. The normalized spacial score (nSPS) is 16.9. The molecule has 0 saturated heterocycles. The van der Waals surface area contributed by atoms with Crippen LogP contribution >= 0.6 is 0 Å². The van der Waals surface area contributed by atoms with E-state index in [9.17, 15) is 0 Å². The van der Waals surface area contributed by atoms with Crippen LogP contribution in [0.2, 0.25) is 0 Å². The van der Waals surface area contributed by atoms with Crippen molar-refractivity contribution >= 4 is 0 Å². The van der Waals surface area contributed by atoms with Gasteiger partial charge in [0.2, 0.25) is 0 Å². The van der Waals surface area contributed by atoms with Crippen molar-refractivity contribution in [2.75, 3.05) is 0 Å². The molecule has 12 heavy (non-hydrogen) atoms. The molecule has 0 N–H and O–H groups in total. The molecular formula is C11H17Hf. The average Bonchev–Trinajstić information content (AvgIpc) is 2.43. The van der Waals surface area contributed by atoms with E-state index in [4.69, 9.17) is 0 Å². The average molecular weight is 328 g/mol. The van der Waals surface area contributed by atoms with Gasteiger partial charge in [-0.2, -0.15) is 0 Å². The summed E-state index contributed by atoms with van der Waals surface area (Å²) in [6.45, 7) is 4.54. The Balaban J connectivity index is 2.44. The van der Waals surface area contributed by atoms with Gasteiger partial charge in [-0.25, -0.2) is 0 Å². The first-order valence-electron chi connectivity index (χ1n) is 4.91. The summed E-state index contributed by atoms with van der Waals surface area (Å²) in [5.41, 5.74) is 3.34. The zero-order valence-electron chi connectivity index (χ0n) is 8.11. The molecule has 1 aliphatic rings. The van der Waals surface area contributed by atoms with Crippen LogP contribution in [0, 0.1) is 0 Å². The molecule has 1 heteroatoms. The topological polar surface area (TPSA) is 0 Å². The number of hydrogen-bond donors (Lipinski definition) is 0. The molecule has 0 amide bonds. The van der Waals surface area contributed by atoms with E-state index in [2.05, 4.69) is 19.9 Å². The Hall–Kier alpha value is 0.350. The minimum absolute atomic E-state index is 1.24. The summed E-state index contributed by atoms with van der Waals surface area (Å²) in [5.74, 6) is 0. The first-order chi connectivity index (χ1) is 5.77. The number of allylic oxidation sites excluding steroid dienone is 4. The fraction of sp³-hybridized carbons (Fsp3) is 0.636. The van der Waals surface area contributed by atoms with Crippen molar-refractivity contribution in [3.8, 4) is 0 Å². The van der Waals surface area contributed by atoms with Gasteiger partial charge in [0.1, 0.15) is 0 Å². The molecule has 0 fully saturated rings. The summed E-state index contributed by atoms with van der Waals surface area (Å²) in [6.07, 6.45) is 9.06. The monoisotopic (exact) mass is 329 g/mol. The van der Waals surface area contributed by atoms with Crippen molar-refractivity contribution in [2.45, 2.75) is 46.0 Å². The second kappa shape index (κ2) is 5.16. The van der Waals surface area contributed by atoms with Gasteiger partial charge in [0.25, 0.3) is 0 Å². The van der Waals surface area contributed by atoms with E-state index in [0.717, 1.165) is 0 Å². The standard InChI is InChI=1S/C11H17.Hf/c1-3-5-6-11-8-7-10(4-2)9-11;/h9H,3-6,8H2,1-2H3;. The van der Waals surface area contributed by atoms with Crippen LogP contribution in [0.4, 0.5) is 0 Å². The van der Waals surface area contributed by atoms with E-state index in [1.54, 1.807) is 14.5 Å². The summed E-state index contributed by atoms with van der Waals surface area (Å²) in [7, 11) is 0. The van der Waals surface area contributed by atoms with Crippen LogP contribution in [-0.4, -0.2) is 0 Å². The molecule has 0 aromatic heterocycles. The van der Waals surface area contributed by atoms with Gasteiger partial charge in [0, 0.05) is 0 Å². The number of unbranched alkanes of at least 4 members (excludes halogenated alkanes) is 1. The fourth-order valence-electron chi connectivity index (χ4n) is 1.60. The second-order valence-corrected chi connectivity index (χ2v) is 5.61. The second-order valence-electron chi connectivity index (χ2n) is 3.44. The van der Waals surface area contributed by atoms with Crippen LogP contribution in [0.5, 0.6) is 0 Å². The van der Waals surface area contributed by atoms with Gasteiger partial charge in [-0.3, -0.25) is 0 Å². The molecule has 0 unspecified atom stereocenters. The summed E-state index contributed by atoms with van der Waals surface area (Å²) in [6, 6.07) is 0. The van der Waals surface area contributed by atoms with Crippen molar-refractivity contribution in [3.05, 3.63) is 20.6 Å². The number of rotatable bonds is 4. The van der Waals surface area contributed by atoms with Gasteiger partial charge in [0.05, 0.1) is 0 Å². The van der Waals surface area contributed by atoms with Crippen LogP contribution in [0.25, 0.3) is 0 Å². The molecule has 1 rings (SSSR count). The zero-order valence-corrected chi connectivity index (χ0v) is 11.7. The summed E-state index contributed by atoms with van der Waals surface area (Å²) in [4.78, 5) is 0. The molecule has 0 radical (unpaired) electrons. The van der Waals surface area contributed by atoms with Crippen LogP contribution in [0.3, 0.4) is 0 Å². The molecule has 0 bridgehead atoms. The van der Waals surface area contributed by atoms with E-state index in [0.29, 0.717) is 0 Å². The molecule has 0 spiro atoms. The van der Waals surface area contributed by atoms with Gasteiger partial charge < -0.3 is 0 Å². The molecule has 0 nitrogen and oxygen atoms in total. The maximum atomic E-state index is 2.46. The molecule has 0 aromatic rings. The molecule has 0 atom stereocenters. The summed E-state index contributed by atoms with van der Waals surface area (Å²) >= 11 is 1.27. The Morgan fingerprint density at radius 2 is 2.17 bits per heavy atom. The van der Waals surface area contributed by atoms with Crippen molar-refractivity contribution in [1.82, 2.24) is 0 Å². The predicted molar refractivity (Wildman–Crippen MR) is 49.5 cm³/mol. The van der Waals surface area contributed by atoms with Crippen LogP contribution in [0.15, 0.2) is 20.6 Å². The summed E-state index contributed by atoms with van der Waals surface area (Å²) < 4.78 is 1.74. The quantitative estimate of drug-likeness (QED) is 0.690. The fourth-order valence-corrected chi connectivity index (χ4v) is 3.32.